The Labute approximate surface area is 106 Å². The second-order valence-electron chi connectivity index (χ2n) is 2.41. The zero-order valence-corrected chi connectivity index (χ0v) is 6.97. The molecule has 3 heteroatoms. The van der Waals surface area contributed by atoms with Crippen LogP contribution in [-0.4, -0.2) is 18.0 Å². The summed E-state index contributed by atoms with van der Waals surface area (Å²) in [4.78, 5) is 3.07. The third kappa shape index (κ3) is 1.81. The molecular weight excluding hydrogens is 174 g/mol. The zero-order chi connectivity index (χ0) is 23.2. The smallest absolute Gasteiger partial charge is 0.0863 e. The first kappa shape index (κ1) is 2.13. The number of nitrogen functional groups attached to an aromatic ring is 1. The number of pyridine rings is 1. The molecule has 1 aliphatic rings. The molecule has 2 N–H and O–H groups in total. The van der Waals surface area contributed by atoms with Gasteiger partial charge in [0, 0.05) is 35.6 Å². The average Bonchev–Trinajstić information content (AvgIpc) is 2.52. The Balaban J connectivity index is 3.04. The van der Waals surface area contributed by atoms with Crippen LogP contribution < -0.4 is 10.6 Å². The standard InChI is InChI=1S/C11H17N3/c1-9-3-6-14(7-4-9)11-2-5-13-8-10(11)12/h2,5,8-9H,3-4,6-7,12H2,1H3/i1D3,2D,3D2,4D2,5D,6D2,7D2,8D,9D. The number of aromatic nitrogens is 1. The maximum atomic E-state index is 8.19. The molecule has 1 saturated heterocycles. The Bertz CT molecular complexity index is 791. The second-order valence-corrected chi connectivity index (χ2v) is 2.41. The minimum absolute atomic E-state index is 0.228. The molecule has 14 heavy (non-hydrogen) atoms. The van der Waals surface area contributed by atoms with Crippen molar-refractivity contribution in [1.29, 1.82) is 0 Å². The first-order valence-electron chi connectivity index (χ1n) is 11.2. The minimum atomic E-state index is -3.92. The van der Waals surface area contributed by atoms with Crippen molar-refractivity contribution < 1.29 is 20.6 Å². The Morgan fingerprint density at radius 2 is 2.57 bits per heavy atom. The molecule has 0 atom stereocenters. The molecule has 0 radical (unpaired) electrons. The van der Waals surface area contributed by atoms with E-state index in [1.165, 1.54) is 0 Å². The van der Waals surface area contributed by atoms with Gasteiger partial charge in [0.15, 0.2) is 0 Å². The number of piperidine rings is 1. The summed E-state index contributed by atoms with van der Waals surface area (Å²) in [6, 6.07) is -1.02. The second kappa shape index (κ2) is 3.86. The monoisotopic (exact) mass is 206 g/mol. The van der Waals surface area contributed by atoms with Crippen LogP contribution in [0.25, 0.3) is 0 Å². The van der Waals surface area contributed by atoms with Gasteiger partial charge in [-0.3, -0.25) is 4.98 Å². The topological polar surface area (TPSA) is 42.1 Å². The number of anilines is 2. The molecule has 1 aliphatic heterocycles. The molecule has 0 saturated carbocycles. The van der Waals surface area contributed by atoms with Crippen molar-refractivity contribution in [2.24, 2.45) is 5.89 Å². The predicted octanol–water partition coefficient (Wildman–Crippen LogP) is 1.90. The van der Waals surface area contributed by atoms with Gasteiger partial charge in [0.2, 0.25) is 0 Å². The summed E-state index contributed by atoms with van der Waals surface area (Å²) in [6.07, 6.45) is -9.57. The maximum Gasteiger partial charge on any atom is 0.0863 e. The lowest BCUT2D eigenvalue weighted by Crippen LogP contribution is -2.33. The summed E-state index contributed by atoms with van der Waals surface area (Å²) >= 11 is 0. The highest BCUT2D eigenvalue weighted by Crippen LogP contribution is 2.26. The van der Waals surface area contributed by atoms with Crippen LogP contribution in [0, 0.1) is 5.89 Å². The first-order chi connectivity index (χ1) is 12.6. The summed E-state index contributed by atoms with van der Waals surface area (Å²) in [6.45, 7) is -11.3. The Morgan fingerprint density at radius 3 is 3.29 bits per heavy atom. The molecule has 3 nitrogen and oxygen atoms in total. The van der Waals surface area contributed by atoms with Crippen molar-refractivity contribution in [1.82, 2.24) is 4.98 Å². The molecule has 2 rings (SSSR count). The van der Waals surface area contributed by atoms with Crippen LogP contribution in [0.5, 0.6) is 0 Å². The van der Waals surface area contributed by atoms with E-state index in [0.29, 0.717) is 0 Å². The Hall–Kier alpha value is -1.25. The largest absolute Gasteiger partial charge is 0.396 e. The molecule has 1 aromatic heterocycles. The van der Waals surface area contributed by atoms with E-state index in [0.717, 1.165) is 0 Å². The number of rotatable bonds is 1. The average molecular weight is 206 g/mol. The van der Waals surface area contributed by atoms with Crippen molar-refractivity contribution in [3.05, 3.63) is 18.4 Å². The summed E-state index contributed by atoms with van der Waals surface area (Å²) in [5.74, 6) is -3.92. The normalized spacial score (nSPS) is 51.7. The highest BCUT2D eigenvalue weighted by Gasteiger charge is 2.17. The highest BCUT2D eigenvalue weighted by atomic mass is 15.1. The summed E-state index contributed by atoms with van der Waals surface area (Å²) < 4.78 is 119. The first-order valence-corrected chi connectivity index (χ1v) is 3.66. The molecule has 0 amide bonds. The van der Waals surface area contributed by atoms with Crippen molar-refractivity contribution in [3.63, 3.8) is 0 Å². The molecule has 1 fully saturated rings. The fourth-order valence-electron chi connectivity index (χ4n) is 0.860. The quantitative estimate of drug-likeness (QED) is 0.763. The van der Waals surface area contributed by atoms with Crippen LogP contribution in [0.3, 0.4) is 0 Å². The lowest BCUT2D eigenvalue weighted by molar-refractivity contribution is 0.438. The lowest BCUT2D eigenvalue weighted by Gasteiger charge is -2.32. The summed E-state index contributed by atoms with van der Waals surface area (Å²) in [5, 5.41) is 0. The Kier molecular flexibility index (Phi) is 0.588. The fraction of sp³-hybridized carbons (Fsp3) is 0.545. The van der Waals surface area contributed by atoms with Gasteiger partial charge in [-0.05, 0) is 24.7 Å². The van der Waals surface area contributed by atoms with Crippen LogP contribution in [0.15, 0.2) is 18.4 Å². The van der Waals surface area contributed by atoms with Gasteiger partial charge < -0.3 is 10.6 Å². The van der Waals surface area contributed by atoms with E-state index in [1.807, 2.05) is 0 Å². The number of hydrogen-bond acceptors (Lipinski definition) is 3. The van der Waals surface area contributed by atoms with E-state index in [9.17, 15) is 0 Å². The van der Waals surface area contributed by atoms with Gasteiger partial charge in [-0.25, -0.2) is 0 Å². The molecule has 76 valence electrons. The molecule has 2 heterocycles. The highest BCUT2D eigenvalue weighted by molar-refractivity contribution is 5.66. The van der Waals surface area contributed by atoms with Crippen LogP contribution >= 0.6 is 0 Å². The van der Waals surface area contributed by atoms with Gasteiger partial charge >= 0.3 is 0 Å². The predicted molar refractivity (Wildman–Crippen MR) is 59.3 cm³/mol. The van der Waals surface area contributed by atoms with Crippen LogP contribution in [0.1, 0.15) is 40.2 Å². The van der Waals surface area contributed by atoms with Gasteiger partial charge in [0.1, 0.15) is 0 Å². The maximum absolute atomic E-state index is 8.19. The van der Waals surface area contributed by atoms with E-state index in [2.05, 4.69) is 4.98 Å². The van der Waals surface area contributed by atoms with Gasteiger partial charge in [0.25, 0.3) is 0 Å². The number of nitrogens with zero attached hydrogens (tertiary/aromatic N) is 2. The number of nitrogens with two attached hydrogens (primary N) is 1. The van der Waals surface area contributed by atoms with Crippen LogP contribution in [-0.2, 0) is 0 Å². The fourth-order valence-corrected chi connectivity index (χ4v) is 0.860. The minimum Gasteiger partial charge on any atom is -0.396 e. The molecule has 0 unspecified atom stereocenters. The van der Waals surface area contributed by atoms with E-state index in [1.54, 1.807) is 0 Å². The van der Waals surface area contributed by atoms with E-state index < -0.39 is 68.2 Å². The van der Waals surface area contributed by atoms with Crippen molar-refractivity contribution >= 4 is 11.4 Å². The third-order valence-electron chi connectivity index (χ3n) is 1.47. The van der Waals surface area contributed by atoms with Gasteiger partial charge in [-0.2, -0.15) is 0 Å². The van der Waals surface area contributed by atoms with Crippen LogP contribution in [0.4, 0.5) is 11.4 Å². The summed E-state index contributed by atoms with van der Waals surface area (Å²) in [5.41, 5.74) is 3.75. The van der Waals surface area contributed by atoms with Crippen molar-refractivity contribution in [2.45, 2.75) is 19.6 Å². The third-order valence-corrected chi connectivity index (χ3v) is 1.47. The van der Waals surface area contributed by atoms with E-state index >= 15 is 0 Å². The molecule has 0 spiro atoms. The van der Waals surface area contributed by atoms with Gasteiger partial charge in [0.05, 0.1) is 21.7 Å². The van der Waals surface area contributed by atoms with Crippen LogP contribution in [0.2, 0.25) is 0 Å². The van der Waals surface area contributed by atoms with Gasteiger partial charge in [-0.1, -0.05) is 6.85 Å². The molecule has 0 aliphatic carbocycles. The van der Waals surface area contributed by atoms with Crippen molar-refractivity contribution in [3.8, 4) is 0 Å². The molecule has 1 aromatic rings. The van der Waals surface area contributed by atoms with E-state index in [-0.39, 0.29) is 4.90 Å². The van der Waals surface area contributed by atoms with E-state index in [4.69, 9.17) is 26.3 Å². The van der Waals surface area contributed by atoms with Gasteiger partial charge in [-0.15, -0.1) is 0 Å². The molecular formula is C11H17N3. The lowest BCUT2D eigenvalue weighted by atomic mass is 9.99. The molecule has 0 bridgehead atoms. The SMILES string of the molecule is [2H]c1nc([2H])c(N)c(N2C([2H])([2H])C([2H])([2H])C([2H])(C([2H])([2H])[2H])C([2H])([2H])C2([2H])[2H])c1[2H]. The summed E-state index contributed by atoms with van der Waals surface area (Å²) in [7, 11) is 0. The number of hydrogen-bond donors (Lipinski definition) is 1. The molecule has 0 aromatic carbocycles. The van der Waals surface area contributed by atoms with Crippen molar-refractivity contribution in [2.75, 3.05) is 23.6 Å². The Morgan fingerprint density at radius 1 is 1.79 bits per heavy atom. The zero-order valence-electron chi connectivity index (χ0n) is 22.0.